The van der Waals surface area contributed by atoms with Crippen molar-refractivity contribution in [2.24, 2.45) is 5.92 Å². The van der Waals surface area contributed by atoms with E-state index in [2.05, 4.69) is 5.32 Å². The van der Waals surface area contributed by atoms with Gasteiger partial charge in [0.1, 0.15) is 6.04 Å². The maximum absolute atomic E-state index is 13.3. The molecule has 0 aliphatic heterocycles. The number of amides is 2. The smallest absolute Gasteiger partial charge is 0.334 e. The van der Waals surface area contributed by atoms with Gasteiger partial charge in [-0.1, -0.05) is 68.4 Å². The topological polar surface area (TPSA) is 125 Å². The molecule has 3 N–H and O–H groups in total. The first kappa shape index (κ1) is 27.5. The molecule has 0 bridgehead atoms. The van der Waals surface area contributed by atoms with Gasteiger partial charge >= 0.3 is 18.0 Å². The van der Waals surface area contributed by atoms with Crippen LogP contribution < -0.4 is 14.8 Å². The third-order valence-electron chi connectivity index (χ3n) is 5.67. The first-order valence-electron chi connectivity index (χ1n) is 12.0. The molecule has 2 atom stereocenters. The van der Waals surface area contributed by atoms with E-state index in [0.717, 1.165) is 16.3 Å². The lowest BCUT2D eigenvalue weighted by Crippen LogP contribution is -2.53. The molecule has 2 amide bonds. The molecule has 196 valence electrons. The summed E-state index contributed by atoms with van der Waals surface area (Å²) in [6.07, 6.45) is -1.63. The van der Waals surface area contributed by atoms with Crippen molar-refractivity contribution in [1.82, 2.24) is 10.2 Å². The van der Waals surface area contributed by atoms with Gasteiger partial charge in [-0.2, -0.15) is 0 Å². The molecule has 2 unspecified atom stereocenters. The molecule has 3 aromatic carbocycles. The van der Waals surface area contributed by atoms with Crippen LogP contribution in [-0.2, 0) is 16.0 Å². The van der Waals surface area contributed by atoms with Crippen LogP contribution in [0.25, 0.3) is 10.8 Å². The van der Waals surface area contributed by atoms with Crippen molar-refractivity contribution < 1.29 is 34.1 Å². The molecule has 3 aromatic rings. The summed E-state index contributed by atoms with van der Waals surface area (Å²) in [7, 11) is 1.46. The van der Waals surface area contributed by atoms with Crippen molar-refractivity contribution in [2.45, 2.75) is 32.4 Å². The Labute approximate surface area is 215 Å². The van der Waals surface area contributed by atoms with Gasteiger partial charge in [0.2, 0.25) is 0 Å². The van der Waals surface area contributed by atoms with Gasteiger partial charge < -0.3 is 29.9 Å². The van der Waals surface area contributed by atoms with Crippen molar-refractivity contribution in [1.29, 1.82) is 0 Å². The van der Waals surface area contributed by atoms with Crippen LogP contribution in [0.5, 0.6) is 11.5 Å². The minimum atomic E-state index is -1.76. The Bertz CT molecular complexity index is 1240. The van der Waals surface area contributed by atoms with Crippen molar-refractivity contribution in [3.05, 3.63) is 72.3 Å². The number of rotatable bonds is 11. The normalized spacial score (nSPS) is 12.6. The lowest BCUT2D eigenvalue weighted by Gasteiger charge is -2.28. The lowest BCUT2D eigenvalue weighted by molar-refractivity contribution is -0.147. The van der Waals surface area contributed by atoms with E-state index in [1.54, 1.807) is 24.3 Å². The van der Waals surface area contributed by atoms with Gasteiger partial charge in [-0.25, -0.2) is 14.4 Å². The zero-order chi connectivity index (χ0) is 26.9. The summed E-state index contributed by atoms with van der Waals surface area (Å²) >= 11 is 0. The van der Waals surface area contributed by atoms with Crippen LogP contribution >= 0.6 is 0 Å². The highest BCUT2D eigenvalue weighted by atomic mass is 16.6. The first-order valence-corrected chi connectivity index (χ1v) is 12.0. The maximum Gasteiger partial charge on any atom is 0.334 e. The quantitative estimate of drug-likeness (QED) is 0.267. The number of fused-ring (bicyclic) bond motifs is 1. The minimum absolute atomic E-state index is 0.00814. The zero-order valence-electron chi connectivity index (χ0n) is 21.1. The molecule has 0 spiro atoms. The van der Waals surface area contributed by atoms with Crippen LogP contribution in [0.3, 0.4) is 0 Å². The molecule has 37 heavy (non-hydrogen) atoms. The number of carboxylic acid groups (broad SMARTS) is 1. The molecule has 9 nitrogen and oxygen atoms in total. The number of hydrogen-bond acceptors (Lipinski definition) is 6. The number of carboxylic acids is 1. The van der Waals surface area contributed by atoms with Crippen LogP contribution in [0, 0.1) is 5.92 Å². The second kappa shape index (κ2) is 12.7. The van der Waals surface area contributed by atoms with Crippen molar-refractivity contribution in [2.75, 3.05) is 20.2 Å². The lowest BCUT2D eigenvalue weighted by atomic mass is 10.0. The molecule has 0 heterocycles. The fourth-order valence-corrected chi connectivity index (χ4v) is 3.89. The number of benzene rings is 3. The first-order chi connectivity index (χ1) is 17.7. The number of methoxy groups -OCH3 is 1. The third-order valence-corrected chi connectivity index (χ3v) is 5.67. The Hall–Kier alpha value is -4.11. The number of carbonyl (C=O) groups excluding carboxylic acids is 2. The van der Waals surface area contributed by atoms with Crippen LogP contribution in [-0.4, -0.2) is 65.4 Å². The average Bonchev–Trinajstić information content (AvgIpc) is 2.87. The number of nitrogens with zero attached hydrogens (tertiary/aromatic N) is 1. The number of ether oxygens (including phenoxy) is 2. The highest BCUT2D eigenvalue weighted by Crippen LogP contribution is 2.26. The maximum atomic E-state index is 13.3. The fraction of sp³-hybridized carbons (Fsp3) is 0.321. The zero-order valence-corrected chi connectivity index (χ0v) is 21.1. The molecule has 0 aromatic heterocycles. The third kappa shape index (κ3) is 7.68. The van der Waals surface area contributed by atoms with Gasteiger partial charge in [-0.05, 0) is 34.4 Å². The van der Waals surface area contributed by atoms with E-state index in [1.165, 1.54) is 12.0 Å². The van der Waals surface area contributed by atoms with Crippen LogP contribution in [0.2, 0.25) is 0 Å². The van der Waals surface area contributed by atoms with Gasteiger partial charge in [0.25, 0.3) is 0 Å². The molecular weight excluding hydrogens is 476 g/mol. The van der Waals surface area contributed by atoms with Gasteiger partial charge in [-0.3, -0.25) is 0 Å². The van der Waals surface area contributed by atoms with Crippen LogP contribution in [0.4, 0.5) is 4.79 Å². The summed E-state index contributed by atoms with van der Waals surface area (Å²) in [5, 5.41) is 23.7. The van der Waals surface area contributed by atoms with Gasteiger partial charge in [0, 0.05) is 13.0 Å². The number of hydrogen-bond donors (Lipinski definition) is 3. The van der Waals surface area contributed by atoms with E-state index in [0.29, 0.717) is 5.75 Å². The van der Waals surface area contributed by atoms with Gasteiger partial charge in [0.05, 0.1) is 13.7 Å². The number of esters is 1. The minimum Gasteiger partial charge on any atom is -0.493 e. The van der Waals surface area contributed by atoms with E-state index < -0.39 is 36.7 Å². The van der Waals surface area contributed by atoms with Crippen molar-refractivity contribution in [3.63, 3.8) is 0 Å². The molecule has 0 aliphatic rings. The number of urea groups is 1. The number of para-hydroxylation sites is 2. The molecular formula is C28H32N2O7. The van der Waals surface area contributed by atoms with E-state index in [-0.39, 0.29) is 24.6 Å². The summed E-state index contributed by atoms with van der Waals surface area (Å²) in [5.41, 5.74) is 0.793. The summed E-state index contributed by atoms with van der Waals surface area (Å²) in [5.74, 6) is -1.60. The van der Waals surface area contributed by atoms with Crippen molar-refractivity contribution >= 4 is 28.7 Å². The molecule has 0 aliphatic carbocycles. The highest BCUT2D eigenvalue weighted by molar-refractivity contribution is 5.87. The Kier molecular flexibility index (Phi) is 9.45. The number of carbonyl (C=O) groups is 3. The van der Waals surface area contributed by atoms with E-state index in [1.807, 2.05) is 56.3 Å². The molecule has 0 fully saturated rings. The van der Waals surface area contributed by atoms with Gasteiger partial charge in [0.15, 0.2) is 17.6 Å². The van der Waals surface area contributed by atoms with E-state index in [9.17, 15) is 19.5 Å². The summed E-state index contributed by atoms with van der Waals surface area (Å²) in [6, 6.07) is 18.4. The van der Waals surface area contributed by atoms with Gasteiger partial charge in [-0.15, -0.1) is 0 Å². The Morgan fingerprint density at radius 1 is 0.919 bits per heavy atom. The molecule has 0 saturated carbocycles. The summed E-state index contributed by atoms with van der Waals surface area (Å²) in [4.78, 5) is 38.9. The average molecular weight is 509 g/mol. The Morgan fingerprint density at radius 2 is 1.57 bits per heavy atom. The summed E-state index contributed by atoms with van der Waals surface area (Å²) in [6.45, 7) is 3.47. The standard InChI is InChI=1S/C28H32N2O7/c1-18(2)16-30(17-23(31)26(32)33)28(35)29-22(27(34)37-25-11-7-6-10-24(25)36-3)15-19-12-13-20-8-4-5-9-21(20)14-19/h4-14,18,22-23,31H,15-17H2,1-3H3,(H,29,35)(H,32,33). The second-order valence-electron chi connectivity index (χ2n) is 9.11. The molecule has 3 rings (SSSR count). The molecule has 0 radical (unpaired) electrons. The monoisotopic (exact) mass is 508 g/mol. The Balaban J connectivity index is 1.88. The number of aliphatic carboxylic acids is 1. The fourth-order valence-electron chi connectivity index (χ4n) is 3.89. The van der Waals surface area contributed by atoms with Crippen LogP contribution in [0.15, 0.2) is 66.7 Å². The predicted molar refractivity (Wildman–Crippen MR) is 139 cm³/mol. The SMILES string of the molecule is COc1ccccc1OC(=O)C(Cc1ccc2ccccc2c1)NC(=O)N(CC(C)C)CC(O)C(=O)O. The number of nitrogens with one attached hydrogen (secondary N) is 1. The number of aliphatic hydroxyl groups excluding tert-OH is 1. The molecule has 9 heteroatoms. The number of aliphatic hydroxyl groups is 1. The largest absolute Gasteiger partial charge is 0.493 e. The van der Waals surface area contributed by atoms with Crippen molar-refractivity contribution in [3.8, 4) is 11.5 Å². The highest BCUT2D eigenvalue weighted by Gasteiger charge is 2.29. The van der Waals surface area contributed by atoms with E-state index >= 15 is 0 Å². The predicted octanol–water partition coefficient (Wildman–Crippen LogP) is 3.48. The molecule has 0 saturated heterocycles. The summed E-state index contributed by atoms with van der Waals surface area (Å²) < 4.78 is 10.9. The second-order valence-corrected chi connectivity index (χ2v) is 9.11. The Morgan fingerprint density at radius 3 is 2.22 bits per heavy atom. The van der Waals surface area contributed by atoms with E-state index in [4.69, 9.17) is 14.6 Å². The van der Waals surface area contributed by atoms with Crippen LogP contribution in [0.1, 0.15) is 19.4 Å².